The van der Waals surface area contributed by atoms with Crippen molar-refractivity contribution < 1.29 is 13.2 Å². The molecule has 0 aliphatic heterocycles. The van der Waals surface area contributed by atoms with Gasteiger partial charge >= 0.3 is 6.18 Å². The van der Waals surface area contributed by atoms with Crippen molar-refractivity contribution in [3.05, 3.63) is 41.6 Å². The second kappa shape index (κ2) is 6.09. The van der Waals surface area contributed by atoms with Crippen LogP contribution >= 0.6 is 0 Å². The monoisotopic (exact) mass is 296 g/mol. The number of nitrogens with one attached hydrogen (secondary N) is 1. The van der Waals surface area contributed by atoms with Crippen molar-refractivity contribution in [1.29, 1.82) is 0 Å². The van der Waals surface area contributed by atoms with Crippen LogP contribution in [0.1, 0.15) is 24.6 Å². The van der Waals surface area contributed by atoms with Crippen LogP contribution in [0, 0.1) is 0 Å². The summed E-state index contributed by atoms with van der Waals surface area (Å²) in [5.74, 6) is 5.94. The van der Waals surface area contributed by atoms with Crippen LogP contribution in [0.2, 0.25) is 0 Å². The molecule has 0 spiro atoms. The summed E-state index contributed by atoms with van der Waals surface area (Å²) in [6, 6.07) is 6.61. The predicted molar refractivity (Wildman–Crippen MR) is 74.3 cm³/mol. The zero-order valence-electron chi connectivity index (χ0n) is 11.4. The Morgan fingerprint density at radius 3 is 2.57 bits per heavy atom. The number of aromatic nitrogens is 2. The van der Waals surface area contributed by atoms with Crippen molar-refractivity contribution in [1.82, 2.24) is 9.97 Å². The van der Waals surface area contributed by atoms with Crippen LogP contribution in [-0.4, -0.2) is 9.97 Å². The third kappa shape index (κ3) is 3.69. The number of benzene rings is 1. The Labute approximate surface area is 120 Å². The molecule has 1 aromatic heterocycles. The quantitative estimate of drug-likeness (QED) is 0.670. The molecule has 3 N–H and O–H groups in total. The summed E-state index contributed by atoms with van der Waals surface area (Å²) in [6.45, 7) is 1.99. The summed E-state index contributed by atoms with van der Waals surface area (Å²) in [6.07, 6.45) is -2.84. The van der Waals surface area contributed by atoms with Crippen molar-refractivity contribution in [2.75, 3.05) is 5.43 Å². The molecule has 0 aliphatic carbocycles. The average Bonchev–Trinajstić information content (AvgIpc) is 2.46. The number of hydrogen-bond donors (Lipinski definition) is 2. The van der Waals surface area contributed by atoms with E-state index in [4.69, 9.17) is 5.84 Å². The van der Waals surface area contributed by atoms with Crippen molar-refractivity contribution in [3.63, 3.8) is 0 Å². The molecule has 4 nitrogen and oxygen atoms in total. The lowest BCUT2D eigenvalue weighted by atomic mass is 10.1. The minimum absolute atomic E-state index is 0.222. The molecule has 0 atom stereocenters. The molecular weight excluding hydrogens is 281 g/mol. The SMILES string of the molecule is CCCc1cc(NN)nc(-c2cccc(C(F)(F)F)c2)n1. The summed E-state index contributed by atoms with van der Waals surface area (Å²) in [4.78, 5) is 8.40. The highest BCUT2D eigenvalue weighted by molar-refractivity contribution is 5.58. The van der Waals surface area contributed by atoms with Crippen LogP contribution in [0.25, 0.3) is 11.4 Å². The zero-order valence-corrected chi connectivity index (χ0v) is 11.4. The molecule has 112 valence electrons. The molecule has 2 rings (SSSR count). The van der Waals surface area contributed by atoms with E-state index >= 15 is 0 Å². The van der Waals surface area contributed by atoms with Crippen molar-refractivity contribution in [3.8, 4) is 11.4 Å². The lowest BCUT2D eigenvalue weighted by Crippen LogP contribution is -2.11. The third-order valence-electron chi connectivity index (χ3n) is 2.88. The molecular formula is C14H15F3N4. The molecule has 0 radical (unpaired) electrons. The molecule has 2 aromatic rings. The maximum Gasteiger partial charge on any atom is 0.416 e. The van der Waals surface area contributed by atoms with Crippen LogP contribution in [-0.2, 0) is 12.6 Å². The molecule has 1 aromatic carbocycles. The Bertz CT molecular complexity index is 626. The predicted octanol–water partition coefficient (Wildman–Crippen LogP) is 3.40. The van der Waals surface area contributed by atoms with Crippen molar-refractivity contribution in [2.24, 2.45) is 5.84 Å². The number of nitrogens with zero attached hydrogens (tertiary/aromatic N) is 2. The summed E-state index contributed by atoms with van der Waals surface area (Å²) < 4.78 is 38.3. The summed E-state index contributed by atoms with van der Waals surface area (Å²) in [5.41, 5.74) is 2.71. The van der Waals surface area contributed by atoms with E-state index in [1.54, 1.807) is 12.1 Å². The van der Waals surface area contributed by atoms with Gasteiger partial charge < -0.3 is 5.43 Å². The average molecular weight is 296 g/mol. The highest BCUT2D eigenvalue weighted by Crippen LogP contribution is 2.31. The standard InChI is InChI=1S/C14H15F3N4/c1-2-4-11-8-12(21-18)20-13(19-11)9-5-3-6-10(7-9)14(15,16)17/h3,5-8H,2,4,18H2,1H3,(H,19,20,21). The molecule has 0 bridgehead atoms. The highest BCUT2D eigenvalue weighted by Gasteiger charge is 2.30. The van der Waals surface area contributed by atoms with Crippen LogP contribution in [0.15, 0.2) is 30.3 Å². The molecule has 0 aliphatic rings. The molecule has 1 heterocycles. The number of aryl methyl sites for hydroxylation is 1. The minimum atomic E-state index is -4.40. The van der Waals surface area contributed by atoms with Crippen molar-refractivity contribution in [2.45, 2.75) is 25.9 Å². The number of hydrogen-bond acceptors (Lipinski definition) is 4. The number of nitrogen functional groups attached to an aromatic ring is 1. The van der Waals surface area contributed by atoms with E-state index in [-0.39, 0.29) is 5.82 Å². The maximum absolute atomic E-state index is 12.8. The van der Waals surface area contributed by atoms with E-state index in [1.807, 2.05) is 6.92 Å². The molecule has 0 fully saturated rings. The van der Waals surface area contributed by atoms with Gasteiger partial charge in [-0.2, -0.15) is 13.2 Å². The van der Waals surface area contributed by atoms with Gasteiger partial charge in [0, 0.05) is 17.3 Å². The van der Waals surface area contributed by atoms with Gasteiger partial charge in [-0.05, 0) is 18.6 Å². The zero-order chi connectivity index (χ0) is 15.5. The van der Waals surface area contributed by atoms with Gasteiger partial charge in [0.1, 0.15) is 5.82 Å². The van der Waals surface area contributed by atoms with Gasteiger partial charge in [-0.25, -0.2) is 15.8 Å². The normalized spacial score (nSPS) is 11.5. The first-order valence-corrected chi connectivity index (χ1v) is 6.46. The molecule has 0 amide bonds. The lowest BCUT2D eigenvalue weighted by Gasteiger charge is -2.10. The fourth-order valence-electron chi connectivity index (χ4n) is 1.92. The fraction of sp³-hybridized carbons (Fsp3) is 0.286. The maximum atomic E-state index is 12.8. The Kier molecular flexibility index (Phi) is 4.42. The number of rotatable bonds is 4. The Hall–Kier alpha value is -2.15. The topological polar surface area (TPSA) is 63.8 Å². The minimum Gasteiger partial charge on any atom is -0.308 e. The largest absolute Gasteiger partial charge is 0.416 e. The second-order valence-electron chi connectivity index (χ2n) is 4.54. The van der Waals surface area contributed by atoms with E-state index < -0.39 is 11.7 Å². The van der Waals surface area contributed by atoms with Gasteiger partial charge in [0.25, 0.3) is 0 Å². The van der Waals surface area contributed by atoms with Crippen LogP contribution < -0.4 is 11.3 Å². The first-order valence-electron chi connectivity index (χ1n) is 6.46. The molecule has 21 heavy (non-hydrogen) atoms. The molecule has 0 saturated carbocycles. The van der Waals surface area contributed by atoms with Crippen LogP contribution in [0.3, 0.4) is 0 Å². The van der Waals surface area contributed by atoms with Crippen LogP contribution in [0.4, 0.5) is 19.0 Å². The number of halogens is 3. The van der Waals surface area contributed by atoms with Gasteiger partial charge in [-0.1, -0.05) is 25.5 Å². The lowest BCUT2D eigenvalue weighted by molar-refractivity contribution is -0.137. The first kappa shape index (κ1) is 15.2. The summed E-state index contributed by atoms with van der Waals surface area (Å²) in [7, 11) is 0. The molecule has 7 heteroatoms. The number of alkyl halides is 3. The van der Waals surface area contributed by atoms with Gasteiger partial charge in [0.05, 0.1) is 5.56 Å². The highest BCUT2D eigenvalue weighted by atomic mass is 19.4. The Balaban J connectivity index is 2.48. The van der Waals surface area contributed by atoms with E-state index in [0.29, 0.717) is 17.8 Å². The number of anilines is 1. The van der Waals surface area contributed by atoms with Crippen molar-refractivity contribution >= 4 is 5.82 Å². The van der Waals surface area contributed by atoms with E-state index in [2.05, 4.69) is 15.4 Å². The van der Waals surface area contributed by atoms with Crippen LogP contribution in [0.5, 0.6) is 0 Å². The number of hydrazine groups is 1. The Morgan fingerprint density at radius 1 is 1.19 bits per heavy atom. The van der Waals surface area contributed by atoms with E-state index in [0.717, 1.165) is 24.2 Å². The second-order valence-corrected chi connectivity index (χ2v) is 4.54. The third-order valence-corrected chi connectivity index (χ3v) is 2.88. The first-order chi connectivity index (χ1) is 9.94. The number of nitrogens with two attached hydrogens (primary N) is 1. The van der Waals surface area contributed by atoms with Gasteiger partial charge in [-0.3, -0.25) is 0 Å². The summed E-state index contributed by atoms with van der Waals surface area (Å²) in [5, 5.41) is 0. The van der Waals surface area contributed by atoms with Gasteiger partial charge in [0.15, 0.2) is 5.82 Å². The van der Waals surface area contributed by atoms with E-state index in [9.17, 15) is 13.2 Å². The smallest absolute Gasteiger partial charge is 0.308 e. The fourth-order valence-corrected chi connectivity index (χ4v) is 1.92. The van der Waals surface area contributed by atoms with Gasteiger partial charge in [0.2, 0.25) is 0 Å². The van der Waals surface area contributed by atoms with Gasteiger partial charge in [-0.15, -0.1) is 0 Å². The molecule has 0 saturated heterocycles. The molecule has 0 unspecified atom stereocenters. The Morgan fingerprint density at radius 2 is 1.95 bits per heavy atom. The summed E-state index contributed by atoms with van der Waals surface area (Å²) >= 11 is 0. The van der Waals surface area contributed by atoms with E-state index in [1.165, 1.54) is 6.07 Å².